The first kappa shape index (κ1) is 29.7. The van der Waals surface area contributed by atoms with E-state index < -0.39 is 0 Å². The van der Waals surface area contributed by atoms with Crippen molar-refractivity contribution in [2.45, 2.75) is 74.7 Å². The maximum absolute atomic E-state index is 2.18. The fourth-order valence-corrected chi connectivity index (χ4v) is 0. The molecule has 0 bridgehead atoms. The lowest BCUT2D eigenvalue weighted by Gasteiger charge is -1.68. The first-order valence-electron chi connectivity index (χ1n) is 5.33. The highest BCUT2D eigenvalue weighted by Gasteiger charge is 1.56. The zero-order chi connectivity index (χ0) is 10.1. The van der Waals surface area contributed by atoms with Gasteiger partial charge in [0.25, 0.3) is 0 Å². The van der Waals surface area contributed by atoms with Gasteiger partial charge in [-0.25, -0.2) is 0 Å². The fraction of sp³-hybridized carbons (Fsp3) is 1.00. The summed E-state index contributed by atoms with van der Waals surface area (Å²) < 4.78 is 0. The maximum atomic E-state index is 2.18. The Labute approximate surface area is 80.1 Å². The highest BCUT2D eigenvalue weighted by molar-refractivity contribution is 4.12. The quantitative estimate of drug-likeness (QED) is 0.507. The van der Waals surface area contributed by atoms with E-state index in [4.69, 9.17) is 0 Å². The third-order valence-electron chi connectivity index (χ3n) is 0.500. The molecule has 0 unspecified atom stereocenters. The zero-order valence-corrected chi connectivity index (χ0v) is 10.5. The molecule has 0 saturated carbocycles. The summed E-state index contributed by atoms with van der Waals surface area (Å²) in [4.78, 5) is 0. The molecule has 0 N–H and O–H groups in total. The van der Waals surface area contributed by atoms with Crippen molar-refractivity contribution in [3.8, 4) is 0 Å². The van der Waals surface area contributed by atoms with Crippen molar-refractivity contribution in [1.82, 2.24) is 0 Å². The van der Waals surface area contributed by atoms with Gasteiger partial charge in [-0.2, -0.15) is 0 Å². The lowest BCUT2D eigenvalue weighted by atomic mass is 10.4. The van der Waals surface area contributed by atoms with Gasteiger partial charge in [-0.3, -0.25) is 4.70 Å². The Hall–Kier alpha value is -0.0700. The van der Waals surface area contributed by atoms with Gasteiger partial charge in [-0.05, 0) is 0 Å². The van der Waals surface area contributed by atoms with Crippen molar-refractivity contribution in [1.29, 1.82) is 0 Å². The number of hydrogen-bond acceptors (Lipinski definition) is 0. The number of rotatable bonds is 1. The topological polar surface area (TPSA) is 0 Å². The molecule has 0 aromatic heterocycles. The lowest BCUT2D eigenvalue weighted by Crippen LogP contribution is -1.47. The van der Waals surface area contributed by atoms with Gasteiger partial charge in [0.05, 0.1) is 0 Å². The van der Waals surface area contributed by atoms with Crippen molar-refractivity contribution in [3.05, 3.63) is 0 Å². The Kier molecular flexibility index (Phi) is 310. The molecule has 12 heavy (non-hydrogen) atoms. The molecule has 0 radical (unpaired) electrons. The van der Waals surface area contributed by atoms with Crippen molar-refractivity contribution >= 4 is 0 Å². The molecule has 0 aromatic rings. The van der Waals surface area contributed by atoms with E-state index in [9.17, 15) is 0 Å². The number of hydrogen-bond donors (Lipinski definition) is 0. The van der Waals surface area contributed by atoms with Gasteiger partial charge in [0.1, 0.15) is 0 Å². The van der Waals surface area contributed by atoms with E-state index in [1.54, 1.807) is 0 Å². The first-order chi connectivity index (χ1) is 5.33. The van der Waals surface area contributed by atoms with Crippen LogP contribution in [0.3, 0.4) is 0 Å². The third-order valence-corrected chi connectivity index (χ3v) is 0.500. The van der Waals surface area contributed by atoms with Crippen LogP contribution < -0.4 is 0 Å². The van der Waals surface area contributed by atoms with E-state index in [-0.39, 0.29) is 4.70 Å². The molecule has 0 rings (SSSR count). The van der Waals surface area contributed by atoms with Crippen LogP contribution in [0, 0.1) is 0 Å². The summed E-state index contributed by atoms with van der Waals surface area (Å²) in [6.07, 6.45) is 3.89. The smallest absolute Gasteiger partial charge is 0.0564 e. The standard InChI is InChI=1S/C4H10.C3H8.2C2H6.FH/c1-3-4-2;1-3-2;2*1-2;/h3-4H2,1-2H3;3H2,1-2H3;2*1-2H3;1H. The minimum absolute atomic E-state index is 0. The Morgan fingerprint density at radius 3 is 0.667 bits per heavy atom. The molecular formula is C11H31F. The highest BCUT2D eigenvalue weighted by Crippen LogP contribution is 1.76. The normalized spacial score (nSPS) is 5.00. The van der Waals surface area contributed by atoms with Crippen LogP contribution in [-0.2, 0) is 0 Å². The summed E-state index contributed by atoms with van der Waals surface area (Å²) in [6, 6.07) is 0. The summed E-state index contributed by atoms with van der Waals surface area (Å²) in [7, 11) is 0. The SMILES string of the molecule is CC.CC.CCC.CCCC.F. The monoisotopic (exact) mass is 182 g/mol. The summed E-state index contributed by atoms with van der Waals surface area (Å²) in [5.41, 5.74) is 0. The molecule has 0 aromatic carbocycles. The molecule has 0 amide bonds. The van der Waals surface area contributed by atoms with Crippen molar-refractivity contribution in [2.24, 2.45) is 0 Å². The average Bonchev–Trinajstić information content (AvgIpc) is 2.12. The van der Waals surface area contributed by atoms with Crippen LogP contribution in [0.2, 0.25) is 0 Å². The second-order valence-corrected chi connectivity index (χ2v) is 1.71. The predicted octanol–water partition coefficient (Wildman–Crippen LogP) is 5.43. The second-order valence-electron chi connectivity index (χ2n) is 1.71. The van der Waals surface area contributed by atoms with Crippen LogP contribution in [0.1, 0.15) is 74.7 Å². The Morgan fingerprint density at radius 2 is 0.667 bits per heavy atom. The molecule has 0 saturated heterocycles. The van der Waals surface area contributed by atoms with Gasteiger partial charge >= 0.3 is 0 Å². The van der Waals surface area contributed by atoms with Gasteiger partial charge in [-0.1, -0.05) is 74.7 Å². The second kappa shape index (κ2) is 126. The van der Waals surface area contributed by atoms with E-state index in [1.807, 2.05) is 27.7 Å². The van der Waals surface area contributed by atoms with Crippen LogP contribution in [-0.4, -0.2) is 0 Å². The van der Waals surface area contributed by atoms with E-state index in [2.05, 4.69) is 27.7 Å². The summed E-state index contributed by atoms with van der Waals surface area (Å²) in [6.45, 7) is 16.6. The predicted molar refractivity (Wildman–Crippen MR) is 61.7 cm³/mol. The van der Waals surface area contributed by atoms with E-state index in [1.165, 1.54) is 19.3 Å². The molecule has 82 valence electrons. The Morgan fingerprint density at radius 1 is 0.583 bits per heavy atom. The van der Waals surface area contributed by atoms with Gasteiger partial charge in [0.15, 0.2) is 0 Å². The average molecular weight is 182 g/mol. The van der Waals surface area contributed by atoms with Crippen molar-refractivity contribution in [3.63, 3.8) is 0 Å². The summed E-state index contributed by atoms with van der Waals surface area (Å²) in [5, 5.41) is 0. The van der Waals surface area contributed by atoms with Gasteiger partial charge < -0.3 is 0 Å². The lowest BCUT2D eigenvalue weighted by molar-refractivity contribution is 0.886. The van der Waals surface area contributed by atoms with Crippen LogP contribution in [0.5, 0.6) is 0 Å². The van der Waals surface area contributed by atoms with Crippen LogP contribution in [0.15, 0.2) is 0 Å². The van der Waals surface area contributed by atoms with Crippen molar-refractivity contribution in [2.75, 3.05) is 0 Å². The van der Waals surface area contributed by atoms with Crippen LogP contribution in [0.4, 0.5) is 4.70 Å². The minimum Gasteiger partial charge on any atom is -0.269 e. The fourth-order valence-electron chi connectivity index (χ4n) is 0. The van der Waals surface area contributed by atoms with Crippen LogP contribution >= 0.6 is 0 Å². The highest BCUT2D eigenvalue weighted by atomic mass is 19.0. The minimum atomic E-state index is 0. The molecule has 0 heterocycles. The Balaban J connectivity index is -0.0000000186. The molecule has 0 aliphatic carbocycles. The summed E-state index contributed by atoms with van der Waals surface area (Å²) in [5.74, 6) is 0. The van der Waals surface area contributed by atoms with E-state index in [0.717, 1.165) is 0 Å². The van der Waals surface area contributed by atoms with Gasteiger partial charge in [0, 0.05) is 0 Å². The van der Waals surface area contributed by atoms with Gasteiger partial charge in [0.2, 0.25) is 0 Å². The Bertz CT molecular complexity index is 12.5. The van der Waals surface area contributed by atoms with E-state index in [0.29, 0.717) is 0 Å². The molecule has 0 aliphatic rings. The largest absolute Gasteiger partial charge is 0.269 e. The zero-order valence-electron chi connectivity index (χ0n) is 10.5. The first-order valence-corrected chi connectivity index (χ1v) is 5.33. The molecule has 0 aliphatic heterocycles. The molecule has 0 fully saturated rings. The molecule has 0 nitrogen and oxygen atoms in total. The van der Waals surface area contributed by atoms with Gasteiger partial charge in [-0.15, -0.1) is 0 Å². The molecule has 1 heteroatoms. The number of halogens is 1. The van der Waals surface area contributed by atoms with E-state index >= 15 is 0 Å². The van der Waals surface area contributed by atoms with Crippen LogP contribution in [0.25, 0.3) is 0 Å². The number of unbranched alkanes of at least 4 members (excludes halogenated alkanes) is 1. The maximum Gasteiger partial charge on any atom is -0.0564 e. The third kappa shape index (κ3) is 916. The van der Waals surface area contributed by atoms with Crippen molar-refractivity contribution < 1.29 is 4.70 Å². The molecule has 0 spiro atoms. The molecule has 0 atom stereocenters. The molecular weight excluding hydrogens is 151 g/mol. The summed E-state index contributed by atoms with van der Waals surface area (Å²) >= 11 is 0.